The molecule has 1 aliphatic rings. The molecule has 4 rings (SSSR count). The van der Waals surface area contributed by atoms with Crippen molar-refractivity contribution >= 4 is 72.4 Å². The molecule has 0 saturated carbocycles. The predicted octanol–water partition coefficient (Wildman–Crippen LogP) is 4.39. The minimum Gasteiger partial charge on any atom is -0.339 e. The molecular formula is C30H32Cl2N4O5S2. The lowest BCUT2D eigenvalue weighted by atomic mass is 9.84. The molecule has 3 amide bonds. The Morgan fingerprint density at radius 1 is 1.12 bits per heavy atom. The molecule has 2 heterocycles. The first kappa shape index (κ1) is 32.8. The Hall–Kier alpha value is -3.14. The molecule has 3 aromatic rings. The Kier molecular flexibility index (Phi) is 10.1. The number of carbonyl (C=O) groups is 3. The highest BCUT2D eigenvalue weighted by Crippen LogP contribution is 2.29. The van der Waals surface area contributed by atoms with Crippen LogP contribution in [0.4, 0.5) is 0 Å². The topological polar surface area (TPSA) is 116 Å². The van der Waals surface area contributed by atoms with Crippen molar-refractivity contribution in [1.82, 2.24) is 19.8 Å². The van der Waals surface area contributed by atoms with Crippen molar-refractivity contribution in [3.05, 3.63) is 63.5 Å². The van der Waals surface area contributed by atoms with Crippen molar-refractivity contribution in [1.29, 1.82) is 0 Å². The van der Waals surface area contributed by atoms with E-state index in [-0.39, 0.29) is 52.4 Å². The van der Waals surface area contributed by atoms with Crippen molar-refractivity contribution in [2.75, 3.05) is 26.2 Å². The van der Waals surface area contributed by atoms with E-state index < -0.39 is 33.9 Å². The summed E-state index contributed by atoms with van der Waals surface area (Å²) in [5, 5.41) is 4.04. The van der Waals surface area contributed by atoms with Crippen LogP contribution >= 0.6 is 34.5 Å². The monoisotopic (exact) mass is 662 g/mol. The van der Waals surface area contributed by atoms with Crippen LogP contribution in [0.1, 0.15) is 37.4 Å². The fraction of sp³-hybridized carbons (Fsp3) is 0.367. The van der Waals surface area contributed by atoms with E-state index >= 15 is 0 Å². The zero-order chi connectivity index (χ0) is 31.5. The summed E-state index contributed by atoms with van der Waals surface area (Å²) in [5.41, 5.74) is -0.586. The number of thiophene rings is 1. The smallest absolute Gasteiger partial charge is 0.262 e. The van der Waals surface area contributed by atoms with Crippen LogP contribution in [-0.2, 0) is 19.6 Å². The highest BCUT2D eigenvalue weighted by molar-refractivity contribution is 7.89. The standard InChI is InChI=1S/C30H32Cl2N4O5S2/c1-5-6-13-36(26(37)16-33-43(40,41)25-15-20(31)11-12-22(25)32)21-17-35(18-21)29(39)27(30(2,3)4)34-28(38)24-14-19-9-7-8-10-23(19)42-24/h7-12,14-15,21,27,33H,13,16-18H2,1-4H3,(H,34,38). The fourth-order valence-corrected chi connectivity index (χ4v) is 7.26. The van der Waals surface area contributed by atoms with E-state index in [0.717, 1.165) is 10.1 Å². The number of likely N-dealkylation sites (tertiary alicyclic amines) is 1. The molecule has 0 aliphatic carbocycles. The van der Waals surface area contributed by atoms with Gasteiger partial charge in [0.25, 0.3) is 5.91 Å². The molecule has 1 unspecified atom stereocenters. The third-order valence-electron chi connectivity index (χ3n) is 7.00. The number of sulfonamides is 1. The van der Waals surface area contributed by atoms with E-state index in [9.17, 15) is 22.8 Å². The summed E-state index contributed by atoms with van der Waals surface area (Å²) < 4.78 is 28.9. The van der Waals surface area contributed by atoms with E-state index in [1.807, 2.05) is 51.1 Å². The van der Waals surface area contributed by atoms with Crippen LogP contribution in [0.3, 0.4) is 0 Å². The van der Waals surface area contributed by atoms with E-state index in [4.69, 9.17) is 23.2 Å². The summed E-state index contributed by atoms with van der Waals surface area (Å²) in [4.78, 5) is 43.3. The van der Waals surface area contributed by atoms with Gasteiger partial charge in [-0.15, -0.1) is 17.3 Å². The van der Waals surface area contributed by atoms with Crippen LogP contribution < -0.4 is 10.0 Å². The van der Waals surface area contributed by atoms with Gasteiger partial charge in [-0.05, 0) is 48.1 Å². The molecule has 2 N–H and O–H groups in total. The van der Waals surface area contributed by atoms with E-state index in [1.165, 1.54) is 34.4 Å². The zero-order valence-electron chi connectivity index (χ0n) is 24.1. The maximum Gasteiger partial charge on any atom is 0.262 e. The third kappa shape index (κ3) is 7.69. The number of hydrogen-bond donors (Lipinski definition) is 2. The molecule has 2 aromatic carbocycles. The van der Waals surface area contributed by atoms with Crippen molar-refractivity contribution in [3.63, 3.8) is 0 Å². The van der Waals surface area contributed by atoms with Crippen LogP contribution in [-0.4, -0.2) is 74.2 Å². The number of amides is 3. The molecule has 0 radical (unpaired) electrons. The Balaban J connectivity index is 1.42. The van der Waals surface area contributed by atoms with Crippen LogP contribution in [0, 0.1) is 17.3 Å². The van der Waals surface area contributed by atoms with Crippen LogP contribution in [0.5, 0.6) is 0 Å². The molecule has 1 fully saturated rings. The van der Waals surface area contributed by atoms with Gasteiger partial charge in [0.15, 0.2) is 0 Å². The minimum atomic E-state index is -4.13. The number of benzene rings is 2. The number of carbonyl (C=O) groups excluding carboxylic acids is 3. The van der Waals surface area contributed by atoms with Gasteiger partial charge in [-0.1, -0.05) is 68.1 Å². The van der Waals surface area contributed by atoms with E-state index in [1.54, 1.807) is 11.8 Å². The van der Waals surface area contributed by atoms with Gasteiger partial charge in [-0.3, -0.25) is 14.4 Å². The molecule has 13 heteroatoms. The molecule has 1 saturated heterocycles. The lowest BCUT2D eigenvalue weighted by Crippen LogP contribution is -2.67. The Labute approximate surface area is 265 Å². The van der Waals surface area contributed by atoms with Gasteiger partial charge in [0.05, 0.1) is 29.0 Å². The summed E-state index contributed by atoms with van der Waals surface area (Å²) >= 11 is 13.3. The number of nitrogens with one attached hydrogen (secondary N) is 2. The molecule has 228 valence electrons. The first-order chi connectivity index (χ1) is 20.2. The predicted molar refractivity (Wildman–Crippen MR) is 170 cm³/mol. The highest BCUT2D eigenvalue weighted by Gasteiger charge is 2.43. The molecular weight excluding hydrogens is 631 g/mol. The number of hydrogen-bond acceptors (Lipinski definition) is 6. The Morgan fingerprint density at radius 3 is 2.47 bits per heavy atom. The first-order valence-corrected chi connectivity index (χ1v) is 16.5. The number of rotatable bonds is 9. The van der Waals surface area contributed by atoms with Crippen molar-refractivity contribution in [3.8, 4) is 11.8 Å². The van der Waals surface area contributed by atoms with Gasteiger partial charge in [-0.25, -0.2) is 13.1 Å². The molecule has 0 bridgehead atoms. The van der Waals surface area contributed by atoms with Gasteiger partial charge in [0, 0.05) is 22.8 Å². The van der Waals surface area contributed by atoms with E-state index in [0.29, 0.717) is 4.88 Å². The average molecular weight is 664 g/mol. The second kappa shape index (κ2) is 13.2. The Morgan fingerprint density at radius 2 is 1.81 bits per heavy atom. The molecule has 9 nitrogen and oxygen atoms in total. The van der Waals surface area contributed by atoms with Crippen LogP contribution in [0.25, 0.3) is 10.1 Å². The number of fused-ring (bicyclic) bond motifs is 1. The zero-order valence-corrected chi connectivity index (χ0v) is 27.3. The average Bonchev–Trinajstić information content (AvgIpc) is 3.36. The number of nitrogens with zero attached hydrogens (tertiary/aromatic N) is 2. The maximum atomic E-state index is 13.6. The van der Waals surface area contributed by atoms with Gasteiger partial charge in [0.1, 0.15) is 10.9 Å². The van der Waals surface area contributed by atoms with Gasteiger partial charge in [0.2, 0.25) is 21.8 Å². The Bertz CT molecular complexity index is 1680. The quantitative estimate of drug-likeness (QED) is 0.330. The lowest BCUT2D eigenvalue weighted by molar-refractivity contribution is -0.148. The van der Waals surface area contributed by atoms with Crippen molar-refractivity contribution < 1.29 is 22.8 Å². The SMILES string of the molecule is CC#CCN(C(=O)CNS(=O)(=O)c1cc(Cl)ccc1Cl)C1CN(C(=O)C(NC(=O)c2cc3ccccc3s2)C(C)(C)C)C1. The minimum absolute atomic E-state index is 0.0287. The third-order valence-corrected chi connectivity index (χ3v) is 10.2. The summed E-state index contributed by atoms with van der Waals surface area (Å²) in [6.07, 6.45) is 0. The summed E-state index contributed by atoms with van der Waals surface area (Å²) in [7, 11) is -4.13. The van der Waals surface area contributed by atoms with Crippen molar-refractivity contribution in [2.24, 2.45) is 5.41 Å². The van der Waals surface area contributed by atoms with Crippen LogP contribution in [0.2, 0.25) is 10.0 Å². The summed E-state index contributed by atoms with van der Waals surface area (Å²) in [5.74, 6) is 4.50. The van der Waals surface area contributed by atoms with Gasteiger partial charge < -0.3 is 15.1 Å². The van der Waals surface area contributed by atoms with Gasteiger partial charge in [-0.2, -0.15) is 0 Å². The van der Waals surface area contributed by atoms with Crippen LogP contribution in [0.15, 0.2) is 53.4 Å². The fourth-order valence-electron chi connectivity index (χ4n) is 4.56. The normalized spacial score (nSPS) is 14.4. The second-order valence-electron chi connectivity index (χ2n) is 11.2. The molecule has 1 aliphatic heterocycles. The summed E-state index contributed by atoms with van der Waals surface area (Å²) in [6.45, 7) is 7.23. The van der Waals surface area contributed by atoms with E-state index in [2.05, 4.69) is 21.9 Å². The molecule has 1 aromatic heterocycles. The lowest BCUT2D eigenvalue weighted by Gasteiger charge is -2.47. The molecule has 1 atom stereocenters. The number of halogens is 2. The first-order valence-electron chi connectivity index (χ1n) is 13.4. The summed E-state index contributed by atoms with van der Waals surface area (Å²) in [6, 6.07) is 12.3. The van der Waals surface area contributed by atoms with Gasteiger partial charge >= 0.3 is 0 Å². The molecule has 43 heavy (non-hydrogen) atoms. The largest absolute Gasteiger partial charge is 0.339 e. The molecule has 0 spiro atoms. The van der Waals surface area contributed by atoms with Crippen molar-refractivity contribution in [2.45, 2.75) is 44.7 Å². The second-order valence-corrected chi connectivity index (χ2v) is 14.8. The maximum absolute atomic E-state index is 13.6. The highest BCUT2D eigenvalue weighted by atomic mass is 35.5.